The number of aliphatic hydroxyl groups excluding tert-OH is 1. The topological polar surface area (TPSA) is 74.2 Å². The summed E-state index contributed by atoms with van der Waals surface area (Å²) in [6.07, 6.45) is 0. The lowest BCUT2D eigenvalue weighted by atomic mass is 10.2. The molecule has 0 spiro atoms. The lowest BCUT2D eigenvalue weighted by Gasteiger charge is -2.14. The predicted molar refractivity (Wildman–Crippen MR) is 68.0 cm³/mol. The predicted octanol–water partition coefficient (Wildman–Crippen LogP) is 2.09. The molecule has 0 aromatic heterocycles. The molecule has 19 heavy (non-hydrogen) atoms. The van der Waals surface area contributed by atoms with Gasteiger partial charge in [0.15, 0.2) is 5.75 Å². The van der Waals surface area contributed by atoms with E-state index in [2.05, 4.69) is 9.62 Å². The van der Waals surface area contributed by atoms with Crippen molar-refractivity contribution in [1.82, 2.24) is 0 Å². The molecule has 0 aliphatic rings. The molecule has 0 bridgehead atoms. The SMILES string of the molecule is COC(=O)c1cc(Cl)c(OOCCO)c(OC)c1Cl. The van der Waals surface area contributed by atoms with E-state index in [0.29, 0.717) is 0 Å². The molecule has 1 aromatic carbocycles. The summed E-state index contributed by atoms with van der Waals surface area (Å²) in [7, 11) is 2.55. The van der Waals surface area contributed by atoms with Crippen molar-refractivity contribution in [3.8, 4) is 11.5 Å². The molecule has 0 aliphatic carbocycles. The Morgan fingerprint density at radius 3 is 2.53 bits per heavy atom. The van der Waals surface area contributed by atoms with Crippen molar-refractivity contribution in [3.05, 3.63) is 21.7 Å². The smallest absolute Gasteiger partial charge is 0.339 e. The van der Waals surface area contributed by atoms with Gasteiger partial charge < -0.3 is 19.5 Å². The molecule has 0 unspecified atom stereocenters. The monoisotopic (exact) mass is 310 g/mol. The molecular formula is C11H12Cl2O6. The van der Waals surface area contributed by atoms with E-state index in [1.165, 1.54) is 20.3 Å². The lowest BCUT2D eigenvalue weighted by Crippen LogP contribution is -2.07. The highest BCUT2D eigenvalue weighted by molar-refractivity contribution is 6.38. The first kappa shape index (κ1) is 15.8. The average Bonchev–Trinajstić information content (AvgIpc) is 2.41. The first-order valence-electron chi connectivity index (χ1n) is 5.11. The van der Waals surface area contributed by atoms with Crippen LogP contribution in [-0.2, 0) is 9.62 Å². The molecule has 8 heteroatoms. The van der Waals surface area contributed by atoms with E-state index in [1.54, 1.807) is 0 Å². The van der Waals surface area contributed by atoms with Crippen LogP contribution >= 0.6 is 23.2 Å². The molecule has 6 nitrogen and oxygen atoms in total. The van der Waals surface area contributed by atoms with Crippen molar-refractivity contribution < 1.29 is 29.1 Å². The third-order valence-corrected chi connectivity index (χ3v) is 2.71. The second kappa shape index (κ2) is 7.40. The van der Waals surface area contributed by atoms with Crippen LogP contribution in [0.4, 0.5) is 0 Å². The van der Waals surface area contributed by atoms with Crippen LogP contribution in [0.2, 0.25) is 10.0 Å². The molecular weight excluding hydrogens is 299 g/mol. The number of hydrogen-bond donors (Lipinski definition) is 1. The second-order valence-electron chi connectivity index (χ2n) is 3.20. The fourth-order valence-electron chi connectivity index (χ4n) is 1.24. The van der Waals surface area contributed by atoms with E-state index in [0.717, 1.165) is 0 Å². The number of aliphatic hydroxyl groups is 1. The zero-order valence-corrected chi connectivity index (χ0v) is 11.7. The summed E-state index contributed by atoms with van der Waals surface area (Å²) < 4.78 is 9.60. The molecule has 106 valence electrons. The average molecular weight is 311 g/mol. The maximum atomic E-state index is 11.5. The van der Waals surface area contributed by atoms with E-state index in [1.807, 2.05) is 0 Å². The van der Waals surface area contributed by atoms with Gasteiger partial charge >= 0.3 is 5.97 Å². The van der Waals surface area contributed by atoms with E-state index in [4.69, 9.17) is 37.9 Å². The van der Waals surface area contributed by atoms with E-state index >= 15 is 0 Å². The van der Waals surface area contributed by atoms with Crippen molar-refractivity contribution in [2.75, 3.05) is 27.4 Å². The number of methoxy groups -OCH3 is 2. The van der Waals surface area contributed by atoms with Crippen LogP contribution in [0.1, 0.15) is 10.4 Å². The maximum Gasteiger partial charge on any atom is 0.339 e. The number of rotatable bonds is 6. The van der Waals surface area contributed by atoms with Gasteiger partial charge in [-0.05, 0) is 6.07 Å². The van der Waals surface area contributed by atoms with Crippen LogP contribution in [-0.4, -0.2) is 38.5 Å². The quantitative estimate of drug-likeness (QED) is 0.375. The van der Waals surface area contributed by atoms with Crippen molar-refractivity contribution in [3.63, 3.8) is 0 Å². The minimum atomic E-state index is -0.659. The summed E-state index contributed by atoms with van der Waals surface area (Å²) in [5, 5.41) is 8.63. The highest BCUT2D eigenvalue weighted by Gasteiger charge is 2.23. The molecule has 0 amide bonds. The van der Waals surface area contributed by atoms with E-state index in [-0.39, 0.29) is 40.3 Å². The zero-order chi connectivity index (χ0) is 14.4. The molecule has 1 aromatic rings. The van der Waals surface area contributed by atoms with Gasteiger partial charge in [0.05, 0.1) is 31.4 Å². The Hall–Kier alpha value is -1.21. The molecule has 0 saturated heterocycles. The number of esters is 1. The fraction of sp³-hybridized carbons (Fsp3) is 0.364. The number of hydrogen-bond acceptors (Lipinski definition) is 6. The Labute approximate surface area is 119 Å². The van der Waals surface area contributed by atoms with Crippen LogP contribution in [0.3, 0.4) is 0 Å². The molecule has 1 N–H and O–H groups in total. The first-order chi connectivity index (χ1) is 9.06. The summed E-state index contributed by atoms with van der Waals surface area (Å²) in [4.78, 5) is 21.1. The normalized spacial score (nSPS) is 10.2. The lowest BCUT2D eigenvalue weighted by molar-refractivity contribution is -0.212. The van der Waals surface area contributed by atoms with Crippen LogP contribution < -0.4 is 9.62 Å². The van der Waals surface area contributed by atoms with Crippen LogP contribution in [0.5, 0.6) is 11.5 Å². The van der Waals surface area contributed by atoms with Gasteiger partial charge in [-0.3, -0.25) is 0 Å². The Morgan fingerprint density at radius 2 is 2.00 bits per heavy atom. The third-order valence-electron chi connectivity index (χ3n) is 2.06. The molecule has 0 atom stereocenters. The Kier molecular flexibility index (Phi) is 6.17. The standard InChI is InChI=1S/C11H12Cl2O6/c1-16-10-8(13)6(11(15)17-2)5-7(12)9(10)19-18-4-3-14/h5,14H,3-4H2,1-2H3. The second-order valence-corrected chi connectivity index (χ2v) is 3.99. The van der Waals surface area contributed by atoms with Crippen LogP contribution in [0.15, 0.2) is 6.07 Å². The number of carbonyl (C=O) groups is 1. The summed E-state index contributed by atoms with van der Waals surface area (Å²) in [6, 6.07) is 1.27. The van der Waals surface area contributed by atoms with Crippen molar-refractivity contribution in [1.29, 1.82) is 0 Å². The van der Waals surface area contributed by atoms with Gasteiger partial charge in [0.2, 0.25) is 5.75 Å². The molecule has 1 rings (SSSR count). The van der Waals surface area contributed by atoms with Crippen LogP contribution in [0, 0.1) is 0 Å². The van der Waals surface area contributed by atoms with Gasteiger partial charge in [-0.25, -0.2) is 4.79 Å². The minimum absolute atomic E-state index is 0.00951. The van der Waals surface area contributed by atoms with Crippen molar-refractivity contribution >= 4 is 29.2 Å². The minimum Gasteiger partial charge on any atom is -0.491 e. The maximum absolute atomic E-state index is 11.5. The van der Waals surface area contributed by atoms with Gasteiger partial charge in [0.25, 0.3) is 0 Å². The van der Waals surface area contributed by atoms with Crippen molar-refractivity contribution in [2.24, 2.45) is 0 Å². The van der Waals surface area contributed by atoms with Crippen molar-refractivity contribution in [2.45, 2.75) is 0 Å². The molecule has 0 radical (unpaired) electrons. The number of halogens is 2. The van der Waals surface area contributed by atoms with Gasteiger partial charge in [0, 0.05) is 0 Å². The largest absolute Gasteiger partial charge is 0.491 e. The summed E-state index contributed by atoms with van der Waals surface area (Å²) in [5.41, 5.74) is 0.0422. The fourth-order valence-corrected chi connectivity index (χ4v) is 1.76. The summed E-state index contributed by atoms with van der Waals surface area (Å²) >= 11 is 12.0. The molecule has 0 saturated carbocycles. The van der Waals surface area contributed by atoms with E-state index < -0.39 is 5.97 Å². The Morgan fingerprint density at radius 1 is 1.32 bits per heavy atom. The highest BCUT2D eigenvalue weighted by Crippen LogP contribution is 2.43. The molecule has 0 fully saturated rings. The van der Waals surface area contributed by atoms with Gasteiger partial charge in [-0.1, -0.05) is 23.2 Å². The number of carbonyl (C=O) groups excluding carboxylic acids is 1. The molecule has 0 heterocycles. The number of benzene rings is 1. The number of ether oxygens (including phenoxy) is 2. The van der Waals surface area contributed by atoms with Gasteiger partial charge in [-0.15, -0.1) is 0 Å². The van der Waals surface area contributed by atoms with Gasteiger partial charge in [0.1, 0.15) is 11.6 Å². The summed E-state index contributed by atoms with van der Waals surface area (Å²) in [5.74, 6) is -0.615. The van der Waals surface area contributed by atoms with Crippen LogP contribution in [0.25, 0.3) is 0 Å². The first-order valence-corrected chi connectivity index (χ1v) is 5.87. The summed E-state index contributed by atoms with van der Waals surface area (Å²) in [6.45, 7) is -0.288. The van der Waals surface area contributed by atoms with Gasteiger partial charge in [-0.2, -0.15) is 4.89 Å². The Balaban J connectivity index is 3.19. The van der Waals surface area contributed by atoms with E-state index in [9.17, 15) is 4.79 Å². The molecule has 0 aliphatic heterocycles. The third kappa shape index (κ3) is 3.63. The highest BCUT2D eigenvalue weighted by atomic mass is 35.5. The zero-order valence-electron chi connectivity index (χ0n) is 10.2. The Bertz CT molecular complexity index is 463.